The van der Waals surface area contributed by atoms with Gasteiger partial charge in [-0.15, -0.1) is 0 Å². The lowest BCUT2D eigenvalue weighted by molar-refractivity contribution is 0.101. The molecule has 0 saturated heterocycles. The third kappa shape index (κ3) is 4.08. The second-order valence-electron chi connectivity index (χ2n) is 6.42. The fourth-order valence-electron chi connectivity index (χ4n) is 2.84. The first-order chi connectivity index (χ1) is 14.5. The van der Waals surface area contributed by atoms with E-state index in [-0.39, 0.29) is 11.6 Å². The van der Waals surface area contributed by atoms with Crippen LogP contribution in [0, 0.1) is 0 Å². The molecule has 4 aromatic rings. The van der Waals surface area contributed by atoms with Gasteiger partial charge >= 0.3 is 0 Å². The summed E-state index contributed by atoms with van der Waals surface area (Å²) in [4.78, 5) is 25.0. The van der Waals surface area contributed by atoms with E-state index in [0.717, 1.165) is 5.69 Å². The van der Waals surface area contributed by atoms with E-state index in [4.69, 9.17) is 11.6 Å². The molecule has 4 rings (SSSR count). The van der Waals surface area contributed by atoms with E-state index in [1.54, 1.807) is 54.3 Å². The van der Waals surface area contributed by atoms with Crippen LogP contribution >= 0.6 is 11.6 Å². The van der Waals surface area contributed by atoms with Gasteiger partial charge in [0.2, 0.25) is 0 Å². The Balaban J connectivity index is 1.45. The molecule has 9 heteroatoms. The largest absolute Gasteiger partial charge is 0.321 e. The number of hydrogen-bond donors (Lipinski definition) is 2. The molecule has 0 atom stereocenters. The van der Waals surface area contributed by atoms with Crippen LogP contribution in [0.1, 0.15) is 20.8 Å². The molecule has 2 N–H and O–H groups in total. The maximum absolute atomic E-state index is 12.6. The van der Waals surface area contributed by atoms with Crippen LogP contribution in [0.5, 0.6) is 0 Å². The van der Waals surface area contributed by atoms with Crippen molar-refractivity contribution >= 4 is 34.9 Å². The van der Waals surface area contributed by atoms with Crippen LogP contribution in [-0.4, -0.2) is 31.4 Å². The number of nitrogens with one attached hydrogen (secondary N) is 2. The van der Waals surface area contributed by atoms with E-state index in [2.05, 4.69) is 20.8 Å². The number of carbonyl (C=O) groups excluding carboxylic acids is 2. The number of amides is 2. The summed E-state index contributed by atoms with van der Waals surface area (Å²) in [5.41, 5.74) is 2.00. The van der Waals surface area contributed by atoms with Gasteiger partial charge in [0.15, 0.2) is 5.69 Å². The van der Waals surface area contributed by atoms with E-state index in [0.29, 0.717) is 22.1 Å². The van der Waals surface area contributed by atoms with Gasteiger partial charge in [-0.05, 0) is 42.5 Å². The van der Waals surface area contributed by atoms with Gasteiger partial charge < -0.3 is 10.6 Å². The number of rotatable bonds is 5. The first kappa shape index (κ1) is 19.4. The van der Waals surface area contributed by atoms with Crippen molar-refractivity contribution in [2.45, 2.75) is 0 Å². The molecule has 0 fully saturated rings. The number of benzene rings is 2. The fraction of sp³-hybridized carbons (Fsp3) is 0.0476. The molecule has 0 bridgehead atoms. The Bertz CT molecular complexity index is 1200. The van der Waals surface area contributed by atoms with E-state index in [9.17, 15) is 9.59 Å². The summed E-state index contributed by atoms with van der Waals surface area (Å²) >= 11 is 6.06. The predicted octanol–water partition coefficient (Wildman–Crippen LogP) is 3.76. The van der Waals surface area contributed by atoms with Gasteiger partial charge in [0, 0.05) is 31.2 Å². The molecule has 0 aliphatic carbocycles. The first-order valence-corrected chi connectivity index (χ1v) is 9.40. The maximum atomic E-state index is 12.6. The third-order valence-electron chi connectivity index (χ3n) is 4.37. The second-order valence-corrected chi connectivity index (χ2v) is 6.83. The highest BCUT2D eigenvalue weighted by Gasteiger charge is 2.16. The summed E-state index contributed by atoms with van der Waals surface area (Å²) in [5, 5.41) is 14.2. The predicted molar refractivity (Wildman–Crippen MR) is 114 cm³/mol. The van der Waals surface area contributed by atoms with Crippen molar-refractivity contribution in [1.29, 1.82) is 0 Å². The number of aromatic nitrogens is 4. The normalized spacial score (nSPS) is 10.6. The van der Waals surface area contributed by atoms with Crippen molar-refractivity contribution < 1.29 is 9.59 Å². The number of nitrogens with zero attached hydrogens (tertiary/aromatic N) is 4. The standard InChI is InChI=1S/C21H17ClN6O2/c1-27-19(25-20(29)16-5-2-3-6-17(16)22)13-18(26-27)21(30)24-14-7-9-15(10-8-14)28-12-4-11-23-28/h2-13H,1H3,(H,24,30)(H,25,29). The van der Waals surface area contributed by atoms with Gasteiger partial charge in [-0.25, -0.2) is 4.68 Å². The van der Waals surface area contributed by atoms with Crippen molar-refractivity contribution in [2.24, 2.45) is 7.05 Å². The summed E-state index contributed by atoms with van der Waals surface area (Å²) in [7, 11) is 1.64. The van der Waals surface area contributed by atoms with Gasteiger partial charge in [0.1, 0.15) is 5.82 Å². The first-order valence-electron chi connectivity index (χ1n) is 9.02. The maximum Gasteiger partial charge on any atom is 0.276 e. The summed E-state index contributed by atoms with van der Waals surface area (Å²) < 4.78 is 3.14. The average molecular weight is 421 g/mol. The zero-order valence-electron chi connectivity index (χ0n) is 15.9. The SMILES string of the molecule is Cn1nc(C(=O)Nc2ccc(-n3cccn3)cc2)cc1NC(=O)c1ccccc1Cl. The Labute approximate surface area is 177 Å². The molecule has 2 aromatic carbocycles. The van der Waals surface area contributed by atoms with Crippen molar-refractivity contribution in [1.82, 2.24) is 19.6 Å². The van der Waals surface area contributed by atoms with E-state index < -0.39 is 5.91 Å². The molecule has 0 aliphatic rings. The number of halogens is 1. The summed E-state index contributed by atoms with van der Waals surface area (Å²) in [6, 6.07) is 17.3. The topological polar surface area (TPSA) is 93.8 Å². The van der Waals surface area contributed by atoms with E-state index in [1.165, 1.54) is 10.7 Å². The fourth-order valence-corrected chi connectivity index (χ4v) is 3.06. The van der Waals surface area contributed by atoms with Crippen molar-refractivity contribution in [3.05, 3.63) is 89.3 Å². The Morgan fingerprint density at radius 2 is 1.73 bits per heavy atom. The van der Waals surface area contributed by atoms with Gasteiger partial charge in [-0.3, -0.25) is 14.3 Å². The van der Waals surface area contributed by atoms with E-state index in [1.807, 2.05) is 24.4 Å². The Morgan fingerprint density at radius 3 is 2.43 bits per heavy atom. The molecule has 8 nitrogen and oxygen atoms in total. The Morgan fingerprint density at radius 1 is 0.967 bits per heavy atom. The molecule has 2 amide bonds. The molecule has 2 heterocycles. The van der Waals surface area contributed by atoms with Gasteiger partial charge in [-0.1, -0.05) is 23.7 Å². The molecule has 0 spiro atoms. The van der Waals surface area contributed by atoms with Crippen molar-refractivity contribution in [2.75, 3.05) is 10.6 Å². The lowest BCUT2D eigenvalue weighted by Crippen LogP contribution is -2.14. The van der Waals surface area contributed by atoms with Crippen LogP contribution < -0.4 is 10.6 Å². The Hall–Kier alpha value is -3.91. The Kier molecular flexibility index (Phi) is 5.32. The second kappa shape index (κ2) is 8.22. The third-order valence-corrected chi connectivity index (χ3v) is 4.70. The van der Waals surface area contributed by atoms with Crippen LogP contribution in [0.25, 0.3) is 5.69 Å². The minimum absolute atomic E-state index is 0.170. The van der Waals surface area contributed by atoms with Crippen molar-refractivity contribution in [3.63, 3.8) is 0 Å². The smallest absolute Gasteiger partial charge is 0.276 e. The molecule has 2 aromatic heterocycles. The quantitative estimate of drug-likeness (QED) is 0.514. The number of aryl methyl sites for hydroxylation is 1. The number of hydrogen-bond acceptors (Lipinski definition) is 4. The summed E-state index contributed by atoms with van der Waals surface area (Å²) in [6.07, 6.45) is 3.53. The molecule has 0 saturated carbocycles. The lowest BCUT2D eigenvalue weighted by atomic mass is 10.2. The molecule has 0 aliphatic heterocycles. The molecule has 0 radical (unpaired) electrons. The van der Waals surface area contributed by atoms with Crippen LogP contribution in [0.15, 0.2) is 73.1 Å². The monoisotopic (exact) mass is 420 g/mol. The molecule has 30 heavy (non-hydrogen) atoms. The highest BCUT2D eigenvalue weighted by molar-refractivity contribution is 6.34. The van der Waals surface area contributed by atoms with Crippen LogP contribution in [0.3, 0.4) is 0 Å². The number of carbonyl (C=O) groups is 2. The molecule has 0 unspecified atom stereocenters. The zero-order valence-corrected chi connectivity index (χ0v) is 16.7. The molecule has 150 valence electrons. The number of anilines is 2. The highest BCUT2D eigenvalue weighted by atomic mass is 35.5. The van der Waals surface area contributed by atoms with Crippen LogP contribution in [0.2, 0.25) is 5.02 Å². The summed E-state index contributed by atoms with van der Waals surface area (Å²) in [6.45, 7) is 0. The van der Waals surface area contributed by atoms with Gasteiger partial charge in [0.25, 0.3) is 11.8 Å². The van der Waals surface area contributed by atoms with Crippen LogP contribution in [0.4, 0.5) is 11.5 Å². The lowest BCUT2D eigenvalue weighted by Gasteiger charge is -2.06. The molecular formula is C21H17ClN6O2. The van der Waals surface area contributed by atoms with Gasteiger partial charge in [-0.2, -0.15) is 10.2 Å². The average Bonchev–Trinajstić information content (AvgIpc) is 3.39. The van der Waals surface area contributed by atoms with Crippen molar-refractivity contribution in [3.8, 4) is 5.69 Å². The minimum Gasteiger partial charge on any atom is -0.321 e. The molecular weight excluding hydrogens is 404 g/mol. The zero-order chi connectivity index (χ0) is 21.1. The summed E-state index contributed by atoms with van der Waals surface area (Å²) in [5.74, 6) is -0.403. The van der Waals surface area contributed by atoms with E-state index >= 15 is 0 Å². The minimum atomic E-state index is -0.393. The van der Waals surface area contributed by atoms with Crippen LogP contribution in [-0.2, 0) is 7.05 Å². The highest BCUT2D eigenvalue weighted by Crippen LogP contribution is 2.18. The van der Waals surface area contributed by atoms with Gasteiger partial charge in [0.05, 0.1) is 16.3 Å².